The molecule has 7 heteroatoms. The number of aliphatic carboxylic acids is 1. The van der Waals surface area contributed by atoms with Crippen LogP contribution in [0.3, 0.4) is 0 Å². The van der Waals surface area contributed by atoms with E-state index >= 15 is 0 Å². The van der Waals surface area contributed by atoms with Gasteiger partial charge in [-0.15, -0.1) is 0 Å². The molecule has 0 saturated heterocycles. The molecule has 4 saturated carbocycles. The molecule has 0 spiro atoms. The lowest BCUT2D eigenvalue weighted by atomic mass is 9.43. The van der Waals surface area contributed by atoms with Crippen LogP contribution in [-0.2, 0) is 23.9 Å². The maximum absolute atomic E-state index is 12.2. The fraction of sp³-hybridized carbons (Fsp3) is 0.893. The van der Waals surface area contributed by atoms with Crippen molar-refractivity contribution in [3.63, 3.8) is 0 Å². The topological polar surface area (TPSA) is 110 Å². The second-order valence-electron chi connectivity index (χ2n) is 12.6. The van der Waals surface area contributed by atoms with E-state index in [-0.39, 0.29) is 76.9 Å². The van der Waals surface area contributed by atoms with Gasteiger partial charge in [0.05, 0.1) is 6.10 Å². The first-order valence-corrected chi connectivity index (χ1v) is 13.6. The monoisotopic (exact) mass is 492 g/mol. The van der Waals surface area contributed by atoms with Gasteiger partial charge in [0.1, 0.15) is 12.2 Å². The van der Waals surface area contributed by atoms with Crippen molar-refractivity contribution in [2.45, 2.75) is 111 Å². The lowest BCUT2D eigenvalue weighted by molar-refractivity contribution is -0.218. The number of hydrogen-bond acceptors (Lipinski definition) is 6. The number of aliphatic hydroxyl groups excluding tert-OH is 1. The Bertz CT molecular complexity index is 841. The number of aliphatic hydroxyl groups is 1. The molecule has 7 nitrogen and oxygen atoms in total. The van der Waals surface area contributed by atoms with Gasteiger partial charge in [0.2, 0.25) is 0 Å². The highest BCUT2D eigenvalue weighted by Crippen LogP contribution is 2.68. The van der Waals surface area contributed by atoms with Crippen molar-refractivity contribution in [1.29, 1.82) is 0 Å². The molecule has 4 aliphatic rings. The molecule has 0 aromatic carbocycles. The number of carbonyl (C=O) groups is 3. The summed E-state index contributed by atoms with van der Waals surface area (Å²) in [6.45, 7) is 9.63. The molecule has 0 unspecified atom stereocenters. The summed E-state index contributed by atoms with van der Waals surface area (Å²) in [5.41, 5.74) is -0.303. The van der Waals surface area contributed by atoms with Crippen LogP contribution in [0.2, 0.25) is 0 Å². The quantitative estimate of drug-likeness (QED) is 0.522. The van der Waals surface area contributed by atoms with E-state index in [0.717, 1.165) is 38.5 Å². The summed E-state index contributed by atoms with van der Waals surface area (Å²) in [7, 11) is 0. The molecule has 0 aromatic heterocycles. The van der Waals surface area contributed by atoms with Gasteiger partial charge in [-0.2, -0.15) is 0 Å². The van der Waals surface area contributed by atoms with Gasteiger partial charge in [-0.3, -0.25) is 14.4 Å². The predicted molar refractivity (Wildman–Crippen MR) is 129 cm³/mol. The molecule has 35 heavy (non-hydrogen) atoms. The fourth-order valence-corrected chi connectivity index (χ4v) is 9.32. The number of carboxylic acid groups (broad SMARTS) is 1. The van der Waals surface area contributed by atoms with E-state index in [1.807, 2.05) is 0 Å². The molecule has 4 aliphatic carbocycles. The Hall–Kier alpha value is -1.63. The van der Waals surface area contributed by atoms with Gasteiger partial charge < -0.3 is 19.7 Å². The Morgan fingerprint density at radius 3 is 2.29 bits per heavy atom. The number of ether oxygens (including phenoxy) is 2. The van der Waals surface area contributed by atoms with Crippen molar-refractivity contribution in [3.8, 4) is 0 Å². The summed E-state index contributed by atoms with van der Waals surface area (Å²) in [5.74, 6) is 0.128. The predicted octanol–water partition coefficient (Wildman–Crippen LogP) is 4.59. The number of hydrogen-bond donors (Lipinski definition) is 2. The van der Waals surface area contributed by atoms with Crippen LogP contribution in [0.1, 0.15) is 92.4 Å². The molecule has 0 amide bonds. The number of fused-ring (bicyclic) bond motifs is 5. The summed E-state index contributed by atoms with van der Waals surface area (Å²) < 4.78 is 11.6. The average molecular weight is 493 g/mol. The Balaban J connectivity index is 1.64. The Labute approximate surface area is 209 Å². The maximum atomic E-state index is 12.2. The molecule has 198 valence electrons. The number of rotatable bonds is 6. The van der Waals surface area contributed by atoms with E-state index < -0.39 is 12.1 Å². The summed E-state index contributed by atoms with van der Waals surface area (Å²) in [6.07, 6.45) is 5.99. The number of carboxylic acids is 1. The van der Waals surface area contributed by atoms with Crippen LogP contribution < -0.4 is 0 Å². The van der Waals surface area contributed by atoms with Gasteiger partial charge in [-0.1, -0.05) is 20.8 Å². The first-order chi connectivity index (χ1) is 16.4. The summed E-state index contributed by atoms with van der Waals surface area (Å²) in [6, 6.07) is 0. The highest BCUT2D eigenvalue weighted by Gasteiger charge is 2.66. The third kappa shape index (κ3) is 4.62. The van der Waals surface area contributed by atoms with Crippen LogP contribution in [0, 0.1) is 46.3 Å². The van der Waals surface area contributed by atoms with Crippen molar-refractivity contribution in [1.82, 2.24) is 0 Å². The van der Waals surface area contributed by atoms with Crippen molar-refractivity contribution in [3.05, 3.63) is 0 Å². The molecule has 0 radical (unpaired) electrons. The summed E-state index contributed by atoms with van der Waals surface area (Å²) >= 11 is 0. The third-order valence-electron chi connectivity index (χ3n) is 10.9. The second kappa shape index (κ2) is 9.68. The Kier molecular flexibility index (Phi) is 7.31. The lowest BCUT2D eigenvalue weighted by Gasteiger charge is -2.64. The molecule has 0 aliphatic heterocycles. The van der Waals surface area contributed by atoms with Crippen LogP contribution in [0.15, 0.2) is 0 Å². The molecule has 2 N–H and O–H groups in total. The van der Waals surface area contributed by atoms with E-state index in [1.54, 1.807) is 0 Å². The minimum Gasteiger partial charge on any atom is -0.481 e. The van der Waals surface area contributed by atoms with Crippen LogP contribution in [0.25, 0.3) is 0 Å². The Morgan fingerprint density at radius 2 is 1.66 bits per heavy atom. The van der Waals surface area contributed by atoms with Crippen LogP contribution in [0.5, 0.6) is 0 Å². The minimum atomic E-state index is -0.772. The average Bonchev–Trinajstić information content (AvgIpc) is 3.11. The van der Waals surface area contributed by atoms with Crippen molar-refractivity contribution in [2.24, 2.45) is 46.3 Å². The molecule has 11 atom stereocenters. The fourth-order valence-electron chi connectivity index (χ4n) is 9.32. The van der Waals surface area contributed by atoms with Gasteiger partial charge in [0, 0.05) is 26.2 Å². The van der Waals surface area contributed by atoms with Crippen molar-refractivity contribution >= 4 is 17.9 Å². The van der Waals surface area contributed by atoms with Gasteiger partial charge in [0.15, 0.2) is 0 Å². The normalized spacial score (nSPS) is 45.4. The van der Waals surface area contributed by atoms with E-state index in [2.05, 4.69) is 20.8 Å². The SMILES string of the molecule is CC(=O)O[C@@H]1CC[C@@]2(C)[C@H](C1)C[C@@H](OC(C)=O)[C@@H]1[C@@H]2C[C@H](O)[C@]2(C)[C@@H]([C@@H](C)CCC(=O)O)CC[C@@H]12. The van der Waals surface area contributed by atoms with Gasteiger partial charge >= 0.3 is 17.9 Å². The zero-order chi connectivity index (χ0) is 25.7. The first kappa shape index (κ1) is 26.4. The molecular weight excluding hydrogens is 448 g/mol. The van der Waals surface area contributed by atoms with Crippen LogP contribution in [-0.4, -0.2) is 46.4 Å². The molecular formula is C28H44O7. The van der Waals surface area contributed by atoms with E-state index in [1.165, 1.54) is 13.8 Å². The van der Waals surface area contributed by atoms with Crippen molar-refractivity contribution < 1.29 is 34.1 Å². The molecule has 0 aromatic rings. The number of carbonyl (C=O) groups excluding carboxylic acids is 2. The van der Waals surface area contributed by atoms with Crippen LogP contribution in [0.4, 0.5) is 0 Å². The standard InChI is InChI=1S/C28H44O7/c1-15(6-9-25(32)33)20-7-8-21-26-22(14-24(31)28(20,21)5)27(4)11-10-19(34-16(2)29)12-18(27)13-23(26)35-17(3)30/h15,18-24,26,31H,6-14H2,1-5H3,(H,32,33)/t15-,18+,19+,20+,21-,22-,23+,24-,26-,27-,28+/m0/s1. The summed E-state index contributed by atoms with van der Waals surface area (Å²) in [4.78, 5) is 35.0. The Morgan fingerprint density at radius 1 is 0.971 bits per heavy atom. The highest BCUT2D eigenvalue weighted by atomic mass is 16.5. The third-order valence-corrected chi connectivity index (χ3v) is 10.9. The first-order valence-electron chi connectivity index (χ1n) is 13.6. The maximum Gasteiger partial charge on any atom is 0.303 e. The van der Waals surface area contributed by atoms with Crippen molar-refractivity contribution in [2.75, 3.05) is 0 Å². The van der Waals surface area contributed by atoms with Gasteiger partial charge in [0.25, 0.3) is 0 Å². The van der Waals surface area contributed by atoms with Crippen LogP contribution >= 0.6 is 0 Å². The minimum absolute atomic E-state index is 0.00723. The molecule has 0 bridgehead atoms. The van der Waals surface area contributed by atoms with E-state index in [4.69, 9.17) is 9.47 Å². The van der Waals surface area contributed by atoms with E-state index in [0.29, 0.717) is 12.8 Å². The smallest absolute Gasteiger partial charge is 0.303 e. The van der Waals surface area contributed by atoms with Gasteiger partial charge in [-0.25, -0.2) is 0 Å². The van der Waals surface area contributed by atoms with Gasteiger partial charge in [-0.05, 0) is 91.8 Å². The largest absolute Gasteiger partial charge is 0.481 e. The van der Waals surface area contributed by atoms with E-state index in [9.17, 15) is 24.6 Å². The highest BCUT2D eigenvalue weighted by molar-refractivity contribution is 5.67. The molecule has 4 rings (SSSR count). The summed E-state index contributed by atoms with van der Waals surface area (Å²) in [5, 5.41) is 20.9. The lowest BCUT2D eigenvalue weighted by Crippen LogP contribution is -2.63. The molecule has 4 fully saturated rings. The molecule has 0 heterocycles. The number of esters is 2. The zero-order valence-corrected chi connectivity index (χ0v) is 22.0. The zero-order valence-electron chi connectivity index (χ0n) is 22.0. The second-order valence-corrected chi connectivity index (χ2v) is 12.6.